The van der Waals surface area contributed by atoms with E-state index in [9.17, 15) is 9.90 Å². The van der Waals surface area contributed by atoms with E-state index in [1.807, 2.05) is 48.9 Å². The van der Waals surface area contributed by atoms with E-state index in [1.165, 1.54) is 0 Å². The Balaban J connectivity index is 1.58. The fraction of sp³-hybridized carbons (Fsp3) is 0.524. The number of fused-ring (bicyclic) bond motifs is 1. The van der Waals surface area contributed by atoms with Gasteiger partial charge in [0.15, 0.2) is 5.69 Å². The number of hydrogen-bond donors (Lipinski definition) is 1. The third-order valence-electron chi connectivity index (χ3n) is 5.62. The number of carbonyl (C=O) groups is 1. The summed E-state index contributed by atoms with van der Waals surface area (Å²) in [5.41, 5.74) is 2.24. The summed E-state index contributed by atoms with van der Waals surface area (Å²) in [6.45, 7) is 5.64. The van der Waals surface area contributed by atoms with Gasteiger partial charge in [0.05, 0.1) is 44.1 Å². The molecule has 0 bridgehead atoms. The third-order valence-corrected chi connectivity index (χ3v) is 5.62. The summed E-state index contributed by atoms with van der Waals surface area (Å²) in [5, 5.41) is 15.5. The summed E-state index contributed by atoms with van der Waals surface area (Å²) < 4.78 is 13.0. The lowest BCUT2D eigenvalue weighted by molar-refractivity contribution is -0.0866. The Bertz CT molecular complexity index is 858. The molecule has 1 aromatic carbocycles. The topological polar surface area (TPSA) is 76.8 Å². The highest BCUT2D eigenvalue weighted by Crippen LogP contribution is 2.36. The van der Waals surface area contributed by atoms with E-state index in [-0.39, 0.29) is 31.2 Å². The summed E-state index contributed by atoms with van der Waals surface area (Å²) in [7, 11) is 1.65. The molecule has 4 rings (SSSR count). The predicted molar refractivity (Wildman–Crippen MR) is 103 cm³/mol. The van der Waals surface area contributed by atoms with Crippen molar-refractivity contribution in [1.29, 1.82) is 0 Å². The van der Waals surface area contributed by atoms with E-state index in [1.54, 1.807) is 12.0 Å². The first-order valence-electron chi connectivity index (χ1n) is 9.74. The van der Waals surface area contributed by atoms with Crippen LogP contribution in [0.25, 0.3) is 0 Å². The van der Waals surface area contributed by atoms with Gasteiger partial charge in [-0.3, -0.25) is 9.48 Å². The van der Waals surface area contributed by atoms with Crippen LogP contribution in [0.4, 0.5) is 0 Å². The highest BCUT2D eigenvalue weighted by Gasteiger charge is 2.46. The van der Waals surface area contributed by atoms with Crippen LogP contribution in [0.2, 0.25) is 0 Å². The Labute approximate surface area is 164 Å². The molecule has 2 aliphatic heterocycles. The molecule has 2 aromatic rings. The number of hydrogen-bond acceptors (Lipinski definition) is 5. The van der Waals surface area contributed by atoms with Crippen molar-refractivity contribution in [2.75, 3.05) is 26.8 Å². The molecule has 3 heterocycles. The van der Waals surface area contributed by atoms with E-state index in [0.29, 0.717) is 25.3 Å². The number of amides is 1. The molecule has 2 atom stereocenters. The number of carbonyl (C=O) groups excluding carboxylic acids is 1. The molecule has 0 radical (unpaired) electrons. The van der Waals surface area contributed by atoms with Crippen molar-refractivity contribution in [3.63, 3.8) is 0 Å². The van der Waals surface area contributed by atoms with Crippen molar-refractivity contribution in [1.82, 2.24) is 14.7 Å². The number of β-amino-alcohol motifs (C(OH)–C–C–N with tert-alkyl or cyclic N) is 1. The molecule has 1 N–H and O–H groups in total. The van der Waals surface area contributed by atoms with Crippen LogP contribution in [-0.2, 0) is 28.0 Å². The number of nitrogens with zero attached hydrogens (tertiary/aromatic N) is 3. The molecule has 0 unspecified atom stereocenters. The van der Waals surface area contributed by atoms with Crippen LogP contribution in [-0.4, -0.2) is 58.6 Å². The molecule has 1 aromatic heterocycles. The Morgan fingerprint density at radius 2 is 2.04 bits per heavy atom. The quantitative estimate of drug-likeness (QED) is 0.851. The van der Waals surface area contributed by atoms with Gasteiger partial charge in [0.25, 0.3) is 5.91 Å². The smallest absolute Gasteiger partial charge is 0.274 e. The van der Waals surface area contributed by atoms with Crippen LogP contribution in [0.1, 0.15) is 47.3 Å². The Hall–Kier alpha value is -2.22. The van der Waals surface area contributed by atoms with Gasteiger partial charge < -0.3 is 19.5 Å². The second kappa shape index (κ2) is 7.31. The molecule has 0 spiro atoms. The number of benzene rings is 1. The highest BCUT2D eigenvalue weighted by atomic mass is 16.5. The van der Waals surface area contributed by atoms with Gasteiger partial charge in [-0.2, -0.15) is 5.10 Å². The van der Waals surface area contributed by atoms with Crippen LogP contribution in [0.3, 0.4) is 0 Å². The summed E-state index contributed by atoms with van der Waals surface area (Å²) in [5.74, 6) is -0.130. The molecular weight excluding hydrogens is 358 g/mol. The standard InChI is InChI=1S/C21H27N3O4/c1-14-11-17-18(22-24(9-10-27-3)19(17)15(2)28-14)20(25)23-12-21(26,13-23)16-7-5-4-6-8-16/h4-8,14-15,26H,9-13H2,1-3H3/t14-,15+/m1/s1. The van der Waals surface area contributed by atoms with Gasteiger partial charge in [0, 0.05) is 19.1 Å². The van der Waals surface area contributed by atoms with Crippen molar-refractivity contribution in [2.24, 2.45) is 0 Å². The van der Waals surface area contributed by atoms with Gasteiger partial charge in [0.1, 0.15) is 5.60 Å². The van der Waals surface area contributed by atoms with Gasteiger partial charge in [0.2, 0.25) is 0 Å². The molecule has 28 heavy (non-hydrogen) atoms. The second-order valence-corrected chi connectivity index (χ2v) is 7.78. The van der Waals surface area contributed by atoms with E-state index in [0.717, 1.165) is 16.8 Å². The first kappa shape index (κ1) is 19.1. The zero-order valence-electron chi connectivity index (χ0n) is 16.6. The van der Waals surface area contributed by atoms with Crippen LogP contribution in [0.15, 0.2) is 30.3 Å². The first-order chi connectivity index (χ1) is 13.4. The van der Waals surface area contributed by atoms with Gasteiger partial charge in [-0.1, -0.05) is 30.3 Å². The average molecular weight is 385 g/mol. The number of aromatic nitrogens is 2. The molecule has 7 heteroatoms. The molecular formula is C21H27N3O4. The van der Waals surface area contributed by atoms with Crippen LogP contribution in [0.5, 0.6) is 0 Å². The third kappa shape index (κ3) is 3.23. The first-order valence-corrected chi connectivity index (χ1v) is 9.74. The number of likely N-dealkylation sites (tertiary alicyclic amines) is 1. The lowest BCUT2D eigenvalue weighted by Crippen LogP contribution is -2.61. The maximum atomic E-state index is 13.2. The van der Waals surface area contributed by atoms with Crippen molar-refractivity contribution in [2.45, 2.75) is 44.6 Å². The molecule has 2 aliphatic rings. The molecule has 7 nitrogen and oxygen atoms in total. The fourth-order valence-electron chi connectivity index (χ4n) is 4.25. The number of ether oxygens (including phenoxy) is 2. The Kier molecular flexibility index (Phi) is 4.99. The van der Waals surface area contributed by atoms with Crippen LogP contribution < -0.4 is 0 Å². The summed E-state index contributed by atoms with van der Waals surface area (Å²) in [6.07, 6.45) is 0.568. The van der Waals surface area contributed by atoms with Crippen LogP contribution >= 0.6 is 0 Å². The molecule has 1 fully saturated rings. The van der Waals surface area contributed by atoms with Crippen molar-refractivity contribution in [3.8, 4) is 0 Å². The summed E-state index contributed by atoms with van der Waals surface area (Å²) in [4.78, 5) is 14.9. The van der Waals surface area contributed by atoms with Crippen molar-refractivity contribution < 1.29 is 19.4 Å². The van der Waals surface area contributed by atoms with Gasteiger partial charge in [-0.15, -0.1) is 0 Å². The zero-order chi connectivity index (χ0) is 19.9. The van der Waals surface area contributed by atoms with E-state index in [2.05, 4.69) is 5.10 Å². The summed E-state index contributed by atoms with van der Waals surface area (Å²) >= 11 is 0. The number of methoxy groups -OCH3 is 1. The maximum Gasteiger partial charge on any atom is 0.274 e. The monoisotopic (exact) mass is 385 g/mol. The van der Waals surface area contributed by atoms with E-state index < -0.39 is 5.60 Å². The molecule has 1 saturated heterocycles. The Morgan fingerprint density at radius 3 is 2.71 bits per heavy atom. The Morgan fingerprint density at radius 1 is 1.32 bits per heavy atom. The molecule has 0 aliphatic carbocycles. The van der Waals surface area contributed by atoms with Crippen LogP contribution in [0, 0.1) is 0 Å². The van der Waals surface area contributed by atoms with Crippen molar-refractivity contribution in [3.05, 3.63) is 52.8 Å². The molecule has 1 amide bonds. The largest absolute Gasteiger partial charge is 0.383 e. The number of rotatable bonds is 5. The fourth-order valence-corrected chi connectivity index (χ4v) is 4.25. The van der Waals surface area contributed by atoms with Gasteiger partial charge in [-0.25, -0.2) is 0 Å². The average Bonchev–Trinajstić information content (AvgIpc) is 3.02. The molecule has 0 saturated carbocycles. The molecule has 150 valence electrons. The zero-order valence-corrected chi connectivity index (χ0v) is 16.6. The lowest BCUT2D eigenvalue weighted by atomic mass is 9.85. The van der Waals surface area contributed by atoms with Gasteiger partial charge >= 0.3 is 0 Å². The second-order valence-electron chi connectivity index (χ2n) is 7.78. The lowest BCUT2D eigenvalue weighted by Gasteiger charge is -2.46. The van der Waals surface area contributed by atoms with Gasteiger partial charge in [-0.05, 0) is 19.4 Å². The minimum atomic E-state index is -0.987. The highest BCUT2D eigenvalue weighted by molar-refractivity contribution is 5.95. The number of aliphatic hydroxyl groups is 1. The normalized spacial score (nSPS) is 23.2. The maximum absolute atomic E-state index is 13.2. The minimum absolute atomic E-state index is 0.0340. The minimum Gasteiger partial charge on any atom is -0.383 e. The summed E-state index contributed by atoms with van der Waals surface area (Å²) in [6, 6.07) is 9.49. The van der Waals surface area contributed by atoms with Crippen molar-refractivity contribution >= 4 is 5.91 Å². The van der Waals surface area contributed by atoms with E-state index in [4.69, 9.17) is 9.47 Å². The van der Waals surface area contributed by atoms with E-state index >= 15 is 0 Å². The SMILES string of the molecule is COCCn1nc(C(=O)N2CC(O)(c3ccccc3)C2)c2c1[C@H](C)O[C@H](C)C2. The predicted octanol–water partition coefficient (Wildman–Crippen LogP) is 1.90.